The topological polar surface area (TPSA) is 132 Å². The molecule has 0 radical (unpaired) electrons. The van der Waals surface area contributed by atoms with Gasteiger partial charge >= 0.3 is 5.97 Å². The van der Waals surface area contributed by atoms with Crippen molar-refractivity contribution in [3.8, 4) is 0 Å². The molecule has 3 rings (SSSR count). The lowest BCUT2D eigenvalue weighted by Gasteiger charge is -2.10. The fourth-order valence-corrected chi connectivity index (χ4v) is 4.95. The Morgan fingerprint density at radius 2 is 1.59 bits per heavy atom. The van der Waals surface area contributed by atoms with Gasteiger partial charge in [0.2, 0.25) is 5.78 Å². The minimum Gasteiger partial charge on any atom is -0.478 e. The minimum atomic E-state index is -4.23. The summed E-state index contributed by atoms with van der Waals surface area (Å²) in [6.45, 7) is 0. The molecule has 8 nitrogen and oxygen atoms in total. The molecule has 0 atom stereocenters. The van der Waals surface area contributed by atoms with E-state index in [9.17, 15) is 28.1 Å². The zero-order valence-corrected chi connectivity index (χ0v) is 20.3. The number of carbonyl (C=O) groups excluding carboxylic acids is 1. The summed E-state index contributed by atoms with van der Waals surface area (Å²) in [4.78, 5) is 34.3. The Balaban J connectivity index is 2.12. The fourth-order valence-electron chi connectivity index (χ4n) is 2.99. The van der Waals surface area contributed by atoms with Gasteiger partial charge in [-0.2, -0.15) is 0 Å². The van der Waals surface area contributed by atoms with Crippen LogP contribution in [0.25, 0.3) is 6.08 Å². The third-order valence-electron chi connectivity index (χ3n) is 4.69. The van der Waals surface area contributed by atoms with Gasteiger partial charge in [0.15, 0.2) is 9.84 Å². The van der Waals surface area contributed by atoms with Gasteiger partial charge in [-0.1, -0.05) is 57.9 Å². The van der Waals surface area contributed by atoms with Crippen LogP contribution in [-0.2, 0) is 15.6 Å². The minimum absolute atomic E-state index is 0.0564. The molecule has 1 N–H and O–H groups in total. The highest BCUT2D eigenvalue weighted by Crippen LogP contribution is 2.28. The van der Waals surface area contributed by atoms with Crippen molar-refractivity contribution in [3.63, 3.8) is 0 Å². The van der Waals surface area contributed by atoms with Gasteiger partial charge in [0.25, 0.3) is 5.69 Å². The quantitative estimate of drug-likeness (QED) is 0.164. The molecule has 0 amide bonds. The Labute approximate surface area is 207 Å². The molecule has 3 aromatic rings. The molecule has 11 heteroatoms. The van der Waals surface area contributed by atoms with Gasteiger partial charge in [0.05, 0.1) is 16.2 Å². The maximum Gasteiger partial charge on any atom is 0.335 e. The fraction of sp³-hybridized carbons (Fsp3) is 0.0435. The summed E-state index contributed by atoms with van der Waals surface area (Å²) in [7, 11) is -4.23. The Hall–Kier alpha value is -3.34. The lowest BCUT2D eigenvalue weighted by atomic mass is 10.1. The maximum atomic E-state index is 13.3. The lowest BCUT2D eigenvalue weighted by molar-refractivity contribution is -0.384. The first kappa shape index (κ1) is 25.3. The summed E-state index contributed by atoms with van der Waals surface area (Å²) in [5.74, 6) is -2.58. The monoisotopic (exact) mass is 563 g/mol. The van der Waals surface area contributed by atoms with Crippen LogP contribution < -0.4 is 0 Å². The summed E-state index contributed by atoms with van der Waals surface area (Å²) in [6, 6.07) is 14.9. The number of Topliss-reactive ketones (excluding diaryl/α,β-unsaturated/α-hetero) is 1. The van der Waals surface area contributed by atoms with E-state index in [2.05, 4.69) is 15.9 Å². The van der Waals surface area contributed by atoms with Crippen LogP contribution in [0, 0.1) is 10.1 Å². The van der Waals surface area contributed by atoms with Crippen molar-refractivity contribution in [1.29, 1.82) is 0 Å². The van der Waals surface area contributed by atoms with Crippen LogP contribution in [0.4, 0.5) is 5.69 Å². The van der Waals surface area contributed by atoms with Gasteiger partial charge in [-0.25, -0.2) is 13.2 Å². The summed E-state index contributed by atoms with van der Waals surface area (Å²) < 4.78 is 27.4. The van der Waals surface area contributed by atoms with Crippen molar-refractivity contribution in [2.75, 3.05) is 0 Å². The Bertz CT molecular complexity index is 1420. The second-order valence-corrected chi connectivity index (χ2v) is 10.4. The maximum absolute atomic E-state index is 13.3. The summed E-state index contributed by atoms with van der Waals surface area (Å²) >= 11 is 9.11. The SMILES string of the molecule is O=C(O)c1ccc(C(=O)/C(=C\c2ccc(Cl)c([N+](=O)[O-])c2)S(=O)(=O)Cc2ccc(Br)cc2)cc1. The number of halogens is 2. The molecular weight excluding hydrogens is 550 g/mol. The Kier molecular flexibility index (Phi) is 7.65. The number of benzene rings is 3. The molecule has 0 saturated carbocycles. The third kappa shape index (κ3) is 5.96. The van der Waals surface area contributed by atoms with Crippen molar-refractivity contribution < 1.29 is 28.0 Å². The summed E-state index contributed by atoms with van der Waals surface area (Å²) in [6.07, 6.45) is 1.05. The van der Waals surface area contributed by atoms with Crippen molar-refractivity contribution in [3.05, 3.63) is 113 Å². The van der Waals surface area contributed by atoms with Crippen LogP contribution in [0.5, 0.6) is 0 Å². The summed E-state index contributed by atoms with van der Waals surface area (Å²) in [5.41, 5.74) is -0.0725. The van der Waals surface area contributed by atoms with E-state index in [1.54, 1.807) is 24.3 Å². The van der Waals surface area contributed by atoms with E-state index < -0.39 is 42.9 Å². The van der Waals surface area contributed by atoms with Crippen molar-refractivity contribution in [2.45, 2.75) is 5.75 Å². The number of aromatic carboxylic acids is 1. The number of hydrogen-bond donors (Lipinski definition) is 1. The van der Waals surface area contributed by atoms with E-state index in [-0.39, 0.29) is 21.7 Å². The highest BCUT2D eigenvalue weighted by molar-refractivity contribution is 9.10. The number of carbonyl (C=O) groups is 2. The molecule has 34 heavy (non-hydrogen) atoms. The number of carboxylic acids is 1. The number of nitro groups is 1. The molecule has 0 aliphatic rings. The zero-order chi connectivity index (χ0) is 25.0. The van der Waals surface area contributed by atoms with E-state index in [1.807, 2.05) is 0 Å². The van der Waals surface area contributed by atoms with Gasteiger partial charge < -0.3 is 5.11 Å². The first-order valence-corrected chi connectivity index (χ1v) is 12.3. The number of allylic oxidation sites excluding steroid dienone is 1. The van der Waals surface area contributed by atoms with Crippen molar-refractivity contribution in [1.82, 2.24) is 0 Å². The predicted molar refractivity (Wildman–Crippen MR) is 131 cm³/mol. The van der Waals surface area contributed by atoms with E-state index in [0.29, 0.717) is 5.56 Å². The van der Waals surface area contributed by atoms with Crippen LogP contribution in [0.2, 0.25) is 5.02 Å². The van der Waals surface area contributed by atoms with E-state index >= 15 is 0 Å². The standard InChI is InChI=1S/C23H15BrClNO7S/c24-18-8-1-14(2-9-18)13-34(32,33)21(12-15-3-10-19(25)20(11-15)26(30)31)22(27)16-4-6-17(7-5-16)23(28)29/h1-12H,13H2,(H,28,29)/b21-12+. The lowest BCUT2D eigenvalue weighted by Crippen LogP contribution is -2.16. The number of nitro benzene ring substituents is 1. The molecule has 0 heterocycles. The molecule has 0 aromatic heterocycles. The molecule has 174 valence electrons. The van der Waals surface area contributed by atoms with Crippen LogP contribution in [0.1, 0.15) is 31.8 Å². The van der Waals surface area contributed by atoms with Crippen LogP contribution >= 0.6 is 27.5 Å². The van der Waals surface area contributed by atoms with Gasteiger partial charge in [-0.05, 0) is 47.5 Å². The third-order valence-corrected chi connectivity index (χ3v) is 7.22. The molecule has 0 fully saturated rings. The first-order valence-electron chi connectivity index (χ1n) is 9.49. The number of nitrogens with zero attached hydrogens (tertiary/aromatic N) is 1. The summed E-state index contributed by atoms with van der Waals surface area (Å²) in [5, 5.41) is 20.2. The molecule has 0 bridgehead atoms. The molecule has 0 aliphatic carbocycles. The van der Waals surface area contributed by atoms with Crippen molar-refractivity contribution in [2.24, 2.45) is 0 Å². The Morgan fingerprint density at radius 3 is 2.15 bits per heavy atom. The normalized spacial score (nSPS) is 11.8. The van der Waals surface area contributed by atoms with E-state index in [0.717, 1.165) is 16.6 Å². The molecule has 0 unspecified atom stereocenters. The highest BCUT2D eigenvalue weighted by Gasteiger charge is 2.27. The van der Waals surface area contributed by atoms with E-state index in [4.69, 9.17) is 16.7 Å². The van der Waals surface area contributed by atoms with Gasteiger partial charge in [-0.3, -0.25) is 14.9 Å². The second kappa shape index (κ2) is 10.3. The second-order valence-electron chi connectivity index (χ2n) is 7.07. The zero-order valence-electron chi connectivity index (χ0n) is 17.1. The first-order chi connectivity index (χ1) is 16.0. The van der Waals surface area contributed by atoms with Crippen LogP contribution in [0.15, 0.2) is 76.1 Å². The number of rotatable bonds is 8. The molecule has 3 aromatic carbocycles. The van der Waals surface area contributed by atoms with E-state index in [1.165, 1.54) is 36.4 Å². The molecule has 0 spiro atoms. The number of ketones is 1. The molecule has 0 saturated heterocycles. The average Bonchev–Trinajstić information content (AvgIpc) is 2.79. The number of sulfone groups is 1. The molecule has 0 aliphatic heterocycles. The smallest absolute Gasteiger partial charge is 0.335 e. The van der Waals surface area contributed by atoms with Gasteiger partial charge in [-0.15, -0.1) is 0 Å². The number of hydrogen-bond acceptors (Lipinski definition) is 6. The van der Waals surface area contributed by atoms with Gasteiger partial charge in [0.1, 0.15) is 9.93 Å². The largest absolute Gasteiger partial charge is 0.478 e. The highest BCUT2D eigenvalue weighted by atomic mass is 79.9. The predicted octanol–water partition coefficient (Wildman–Crippen LogP) is 5.55. The van der Waals surface area contributed by atoms with Crippen LogP contribution in [-0.4, -0.2) is 30.2 Å². The average molecular weight is 565 g/mol. The Morgan fingerprint density at radius 1 is 1.00 bits per heavy atom. The van der Waals surface area contributed by atoms with Gasteiger partial charge in [0, 0.05) is 16.1 Å². The molecular formula is C23H15BrClNO7S. The number of carboxylic acid groups (broad SMARTS) is 1. The van der Waals surface area contributed by atoms with Crippen LogP contribution in [0.3, 0.4) is 0 Å². The van der Waals surface area contributed by atoms with Crippen molar-refractivity contribution >= 4 is 60.9 Å².